The van der Waals surface area contributed by atoms with E-state index in [-0.39, 0.29) is 0 Å². The molecule has 3 heterocycles. The molecule has 3 N–H and O–H groups in total. The number of carbonyl (C=O) groups is 1. The molecule has 5 rings (SSSR count). The molecule has 4 aromatic rings. The van der Waals surface area contributed by atoms with E-state index >= 15 is 0 Å². The number of fused-ring (bicyclic) bond motifs is 2. The van der Waals surface area contributed by atoms with E-state index in [9.17, 15) is 4.79 Å². The Bertz CT molecular complexity index is 1260. The fourth-order valence-corrected chi connectivity index (χ4v) is 3.68. The molecule has 1 amide bonds. The van der Waals surface area contributed by atoms with Crippen LogP contribution < -0.4 is 15.7 Å². The number of hydrogen-bond donors (Lipinski definition) is 2. The Kier molecular flexibility index (Phi) is 5.01. The van der Waals surface area contributed by atoms with Crippen LogP contribution in [-0.4, -0.2) is 27.8 Å². The van der Waals surface area contributed by atoms with Gasteiger partial charge in [-0.2, -0.15) is 4.98 Å². The molecule has 0 unspecified atom stereocenters. The number of anilines is 1. The van der Waals surface area contributed by atoms with Crippen molar-refractivity contribution in [2.75, 3.05) is 11.9 Å². The zero-order valence-electron chi connectivity index (χ0n) is 16.7. The monoisotopic (exact) mass is 417 g/mol. The number of nitrogens with one attached hydrogen (secondary N) is 1. The van der Waals surface area contributed by atoms with Crippen molar-refractivity contribution in [1.29, 1.82) is 0 Å². The number of amides is 1. The Morgan fingerprint density at radius 1 is 1.16 bits per heavy atom. The van der Waals surface area contributed by atoms with Gasteiger partial charge < -0.3 is 20.3 Å². The maximum Gasteiger partial charge on any atom is 0.279 e. The van der Waals surface area contributed by atoms with Crippen molar-refractivity contribution in [1.82, 2.24) is 15.2 Å². The molecule has 0 spiro atoms. The first kappa shape index (κ1) is 19.1. The van der Waals surface area contributed by atoms with Gasteiger partial charge in [0.2, 0.25) is 5.76 Å². The molecule has 1 aliphatic heterocycles. The maximum absolute atomic E-state index is 11.7. The summed E-state index contributed by atoms with van der Waals surface area (Å²) in [6, 6.07) is 15.3. The molecular formula is C22H21N6O3+. The van der Waals surface area contributed by atoms with Crippen LogP contribution in [0, 0.1) is 0 Å². The quantitative estimate of drug-likeness (QED) is 0.478. The number of hydrogen-bond acceptors (Lipinski definition) is 7. The highest BCUT2D eigenvalue weighted by atomic mass is 16.5. The normalized spacial score (nSPS) is 13.5. The van der Waals surface area contributed by atoms with Crippen molar-refractivity contribution < 1.29 is 18.7 Å². The van der Waals surface area contributed by atoms with Gasteiger partial charge in [0.05, 0.1) is 17.6 Å². The van der Waals surface area contributed by atoms with Crippen LogP contribution in [0.4, 0.5) is 5.82 Å². The number of rotatable bonds is 5. The Hall–Kier alpha value is -3.85. The molecule has 156 valence electrons. The topological polar surface area (TPSA) is 120 Å². The number of primary amides is 1. The molecule has 2 aromatic carbocycles. The lowest BCUT2D eigenvalue weighted by molar-refractivity contribution is -0.787. The number of carbonyl (C=O) groups excluding carboxylic acids is 1. The van der Waals surface area contributed by atoms with Crippen molar-refractivity contribution in [2.45, 2.75) is 26.1 Å². The largest absolute Gasteiger partial charge is 0.366 e. The van der Waals surface area contributed by atoms with Crippen LogP contribution in [0.5, 0.6) is 0 Å². The van der Waals surface area contributed by atoms with Crippen LogP contribution >= 0.6 is 0 Å². The van der Waals surface area contributed by atoms with E-state index in [4.69, 9.17) is 20.0 Å². The van der Waals surface area contributed by atoms with E-state index in [1.165, 1.54) is 0 Å². The standard InChI is InChI=1S/C22H20N6O3/c23-20(29)16-9-4-8-15-18(16)27-31-19(15)22-25-21(24-12-14-6-2-1-3-7-14)17-10-5-11-30-13-28(17)26-22/h1-4,6-9H,5,10-13H2,(H2-,23,24,25,26,29)/p+1. The van der Waals surface area contributed by atoms with Crippen molar-refractivity contribution in [3.05, 3.63) is 65.4 Å². The summed E-state index contributed by atoms with van der Waals surface area (Å²) in [5, 5.41) is 12.8. The van der Waals surface area contributed by atoms with Gasteiger partial charge in [0, 0.05) is 18.1 Å². The third-order valence-corrected chi connectivity index (χ3v) is 5.21. The van der Waals surface area contributed by atoms with Crippen LogP contribution in [0.25, 0.3) is 22.5 Å². The third-order valence-electron chi connectivity index (χ3n) is 5.21. The van der Waals surface area contributed by atoms with Gasteiger partial charge in [0.25, 0.3) is 24.2 Å². The maximum atomic E-state index is 11.7. The first-order valence-electron chi connectivity index (χ1n) is 10.1. The lowest BCUT2D eigenvalue weighted by Gasteiger charge is -2.09. The molecule has 0 bridgehead atoms. The van der Waals surface area contributed by atoms with E-state index in [0.717, 1.165) is 29.9 Å². The fraction of sp³-hybridized carbons (Fsp3) is 0.227. The average molecular weight is 417 g/mol. The Morgan fingerprint density at radius 2 is 2.03 bits per heavy atom. The van der Waals surface area contributed by atoms with Crippen molar-refractivity contribution in [3.63, 3.8) is 0 Å². The molecule has 0 saturated carbocycles. The van der Waals surface area contributed by atoms with Crippen LogP contribution in [0.3, 0.4) is 0 Å². The summed E-state index contributed by atoms with van der Waals surface area (Å²) in [5.74, 6) is 0.880. The van der Waals surface area contributed by atoms with Crippen LogP contribution in [0.2, 0.25) is 0 Å². The number of nitrogens with two attached hydrogens (primary N) is 1. The second kappa shape index (κ2) is 8.11. The summed E-state index contributed by atoms with van der Waals surface area (Å²) in [6.45, 7) is 1.60. The number of aromatic nitrogens is 4. The first-order chi connectivity index (χ1) is 15.2. The molecule has 2 aromatic heterocycles. The van der Waals surface area contributed by atoms with E-state index in [0.29, 0.717) is 47.9 Å². The lowest BCUT2D eigenvalue weighted by atomic mass is 10.1. The molecule has 9 heteroatoms. The molecule has 0 saturated heterocycles. The summed E-state index contributed by atoms with van der Waals surface area (Å²) in [6.07, 6.45) is 1.68. The smallest absolute Gasteiger partial charge is 0.279 e. The zero-order valence-corrected chi connectivity index (χ0v) is 16.7. The molecule has 0 fully saturated rings. The highest BCUT2D eigenvalue weighted by molar-refractivity contribution is 6.07. The van der Waals surface area contributed by atoms with E-state index in [2.05, 4.69) is 27.7 Å². The van der Waals surface area contributed by atoms with Gasteiger partial charge >= 0.3 is 0 Å². The van der Waals surface area contributed by atoms with E-state index in [1.54, 1.807) is 22.9 Å². The van der Waals surface area contributed by atoms with Gasteiger partial charge in [-0.25, -0.2) is 0 Å². The number of ether oxygens (including phenoxy) is 1. The van der Waals surface area contributed by atoms with E-state index < -0.39 is 5.91 Å². The van der Waals surface area contributed by atoms with Crippen LogP contribution in [-0.2, 0) is 24.4 Å². The summed E-state index contributed by atoms with van der Waals surface area (Å²) >= 11 is 0. The molecule has 0 radical (unpaired) electrons. The minimum atomic E-state index is -0.568. The van der Waals surface area contributed by atoms with Crippen molar-refractivity contribution >= 4 is 22.6 Å². The van der Waals surface area contributed by atoms with Crippen molar-refractivity contribution in [3.8, 4) is 11.6 Å². The summed E-state index contributed by atoms with van der Waals surface area (Å²) in [7, 11) is 0. The van der Waals surface area contributed by atoms with E-state index in [1.807, 2.05) is 18.2 Å². The van der Waals surface area contributed by atoms with Crippen LogP contribution in [0.1, 0.15) is 28.0 Å². The molecular weight excluding hydrogens is 396 g/mol. The predicted molar refractivity (Wildman–Crippen MR) is 112 cm³/mol. The van der Waals surface area contributed by atoms with Gasteiger partial charge in [-0.1, -0.05) is 46.2 Å². The Labute approximate surface area is 177 Å². The van der Waals surface area contributed by atoms with Gasteiger partial charge in [-0.15, -0.1) is 0 Å². The molecule has 31 heavy (non-hydrogen) atoms. The zero-order chi connectivity index (χ0) is 21.2. The molecule has 9 nitrogen and oxygen atoms in total. The highest BCUT2D eigenvalue weighted by Crippen LogP contribution is 2.29. The second-order valence-electron chi connectivity index (χ2n) is 7.29. The molecule has 0 aliphatic carbocycles. The highest BCUT2D eigenvalue weighted by Gasteiger charge is 2.28. The summed E-state index contributed by atoms with van der Waals surface area (Å²) in [5.41, 5.74) is 8.27. The minimum absolute atomic E-state index is 0.292. The third kappa shape index (κ3) is 3.71. The second-order valence-corrected chi connectivity index (χ2v) is 7.29. The first-order valence-corrected chi connectivity index (χ1v) is 10.1. The fourth-order valence-electron chi connectivity index (χ4n) is 3.68. The van der Waals surface area contributed by atoms with Gasteiger partial charge in [-0.3, -0.25) is 4.79 Å². The van der Waals surface area contributed by atoms with Gasteiger partial charge in [0.1, 0.15) is 5.52 Å². The molecule has 1 aliphatic rings. The molecule has 0 atom stereocenters. The van der Waals surface area contributed by atoms with Crippen molar-refractivity contribution in [2.24, 2.45) is 5.73 Å². The minimum Gasteiger partial charge on any atom is -0.366 e. The van der Waals surface area contributed by atoms with Crippen LogP contribution in [0.15, 0.2) is 53.1 Å². The van der Waals surface area contributed by atoms with Gasteiger partial charge in [0.15, 0.2) is 5.82 Å². The Morgan fingerprint density at radius 3 is 2.87 bits per heavy atom. The average Bonchev–Trinajstić information content (AvgIpc) is 3.08. The number of benzene rings is 2. The summed E-state index contributed by atoms with van der Waals surface area (Å²) < 4.78 is 13.1. The summed E-state index contributed by atoms with van der Waals surface area (Å²) in [4.78, 5) is 16.5. The number of nitrogens with zero attached hydrogens (tertiary/aromatic N) is 4. The lowest BCUT2D eigenvalue weighted by Crippen LogP contribution is -2.44. The van der Waals surface area contributed by atoms with Gasteiger partial charge in [-0.05, 0) is 24.1 Å². The SMILES string of the molecule is NC(=O)c1cccc2c(-c3nc(NCc4ccccc4)c4[n+](n3)COCCC4)onc12. The predicted octanol–water partition coefficient (Wildman–Crippen LogP) is 2.20. The Balaban J connectivity index is 1.59.